The third-order valence-electron chi connectivity index (χ3n) is 4.97. The molecule has 1 fully saturated rings. The first kappa shape index (κ1) is 20.7. The molecule has 0 unspecified atom stereocenters. The fraction of sp³-hybridized carbons (Fsp3) is 0.632. The molecular weight excluding hydrogens is 352 g/mol. The minimum Gasteiger partial charge on any atom is -0.497 e. The number of likely N-dealkylation sites (N-methyl/N-ethyl adjacent to an activating group) is 1. The van der Waals surface area contributed by atoms with E-state index in [2.05, 4.69) is 4.72 Å². The Morgan fingerprint density at radius 2 is 1.81 bits per heavy atom. The van der Waals surface area contributed by atoms with Gasteiger partial charge in [-0.15, -0.1) is 0 Å². The van der Waals surface area contributed by atoms with Crippen LogP contribution in [-0.4, -0.2) is 46.0 Å². The van der Waals surface area contributed by atoms with E-state index in [0.717, 1.165) is 12.8 Å². The van der Waals surface area contributed by atoms with Crippen molar-refractivity contribution in [3.05, 3.63) is 24.3 Å². The van der Waals surface area contributed by atoms with Gasteiger partial charge in [0.1, 0.15) is 11.8 Å². The molecule has 7 heteroatoms. The van der Waals surface area contributed by atoms with E-state index in [1.165, 1.54) is 32.1 Å². The second-order valence-electron chi connectivity index (χ2n) is 7.39. The molecule has 0 heterocycles. The summed E-state index contributed by atoms with van der Waals surface area (Å²) in [5, 5.41) is 0. The summed E-state index contributed by atoms with van der Waals surface area (Å²) in [5.74, 6) is 0.775. The number of methoxy groups -OCH3 is 1. The van der Waals surface area contributed by atoms with Crippen LogP contribution in [0.3, 0.4) is 0 Å². The van der Waals surface area contributed by atoms with Crippen molar-refractivity contribution in [3.8, 4) is 5.75 Å². The molecule has 1 saturated carbocycles. The van der Waals surface area contributed by atoms with Crippen LogP contribution in [0.2, 0.25) is 0 Å². The fourth-order valence-electron chi connectivity index (χ4n) is 3.37. The van der Waals surface area contributed by atoms with Crippen molar-refractivity contribution in [2.24, 2.45) is 11.8 Å². The van der Waals surface area contributed by atoms with E-state index >= 15 is 0 Å². The van der Waals surface area contributed by atoms with Gasteiger partial charge in [0.2, 0.25) is 15.9 Å². The summed E-state index contributed by atoms with van der Waals surface area (Å²) in [6, 6.07) is 5.35. The Hall–Kier alpha value is -1.60. The summed E-state index contributed by atoms with van der Waals surface area (Å²) in [6.07, 6.45) is 4.71. The first-order chi connectivity index (χ1) is 12.2. The molecule has 0 saturated heterocycles. The van der Waals surface area contributed by atoms with Gasteiger partial charge in [0.15, 0.2) is 0 Å². The highest BCUT2D eigenvalue weighted by Gasteiger charge is 2.31. The van der Waals surface area contributed by atoms with Gasteiger partial charge in [0, 0.05) is 13.6 Å². The normalized spacial score (nSPS) is 16.7. The van der Waals surface area contributed by atoms with Crippen LogP contribution in [0, 0.1) is 11.8 Å². The Morgan fingerprint density at radius 3 is 2.31 bits per heavy atom. The molecule has 0 aliphatic heterocycles. The Balaban J connectivity index is 2.10. The lowest BCUT2D eigenvalue weighted by atomic mass is 10.0. The highest BCUT2D eigenvalue weighted by molar-refractivity contribution is 7.89. The van der Waals surface area contributed by atoms with Crippen molar-refractivity contribution in [2.75, 3.05) is 20.7 Å². The largest absolute Gasteiger partial charge is 0.497 e. The summed E-state index contributed by atoms with van der Waals surface area (Å²) in [4.78, 5) is 14.7. The number of rotatable bonds is 8. The zero-order valence-corrected chi connectivity index (χ0v) is 16.9. The smallest absolute Gasteiger partial charge is 0.241 e. The second-order valence-corrected chi connectivity index (χ2v) is 9.10. The van der Waals surface area contributed by atoms with Crippen molar-refractivity contribution < 1.29 is 17.9 Å². The van der Waals surface area contributed by atoms with Gasteiger partial charge in [-0.2, -0.15) is 4.72 Å². The van der Waals surface area contributed by atoms with E-state index in [9.17, 15) is 13.2 Å². The number of carbonyl (C=O) groups excluding carboxylic acids is 1. The van der Waals surface area contributed by atoms with Gasteiger partial charge in [0.05, 0.1) is 12.0 Å². The summed E-state index contributed by atoms with van der Waals surface area (Å²) in [7, 11) is -0.504. The maximum atomic E-state index is 12.9. The molecule has 0 bridgehead atoms. The van der Waals surface area contributed by atoms with E-state index < -0.39 is 16.1 Å². The average molecular weight is 383 g/mol. The third-order valence-corrected chi connectivity index (χ3v) is 6.42. The molecule has 1 N–H and O–H groups in total. The van der Waals surface area contributed by atoms with Gasteiger partial charge in [-0.05, 0) is 48.9 Å². The lowest BCUT2D eigenvalue weighted by molar-refractivity contribution is -0.133. The van der Waals surface area contributed by atoms with Crippen LogP contribution >= 0.6 is 0 Å². The molecule has 146 valence electrons. The topological polar surface area (TPSA) is 75.7 Å². The number of amides is 1. The molecule has 1 aliphatic carbocycles. The number of benzene rings is 1. The zero-order chi connectivity index (χ0) is 19.3. The van der Waals surface area contributed by atoms with Crippen molar-refractivity contribution >= 4 is 15.9 Å². The highest BCUT2D eigenvalue weighted by Crippen LogP contribution is 2.25. The SMILES string of the molecule is COc1ccc(S(=O)(=O)N[C@H](C(=O)N(C)CC2CCCC2)C(C)C)cc1. The lowest BCUT2D eigenvalue weighted by Crippen LogP contribution is -2.50. The van der Waals surface area contributed by atoms with E-state index in [1.54, 1.807) is 24.1 Å². The zero-order valence-electron chi connectivity index (χ0n) is 16.1. The molecule has 26 heavy (non-hydrogen) atoms. The van der Waals surface area contributed by atoms with Gasteiger partial charge in [-0.25, -0.2) is 8.42 Å². The molecule has 0 radical (unpaired) electrons. The Labute approximate surface area is 157 Å². The highest BCUT2D eigenvalue weighted by atomic mass is 32.2. The Bertz CT molecular complexity index is 695. The predicted molar refractivity (Wildman–Crippen MR) is 102 cm³/mol. The first-order valence-electron chi connectivity index (χ1n) is 9.16. The summed E-state index contributed by atoms with van der Waals surface area (Å²) < 4.78 is 33.0. The molecule has 1 atom stereocenters. The molecule has 1 aromatic carbocycles. The van der Waals surface area contributed by atoms with E-state index in [-0.39, 0.29) is 16.7 Å². The molecule has 1 aliphatic rings. The monoisotopic (exact) mass is 382 g/mol. The minimum absolute atomic E-state index is 0.121. The maximum Gasteiger partial charge on any atom is 0.241 e. The minimum atomic E-state index is -3.79. The molecule has 1 aromatic rings. The maximum absolute atomic E-state index is 12.9. The molecule has 1 amide bonds. The molecule has 2 rings (SSSR count). The van der Waals surface area contributed by atoms with E-state index in [4.69, 9.17) is 4.74 Å². The van der Waals surface area contributed by atoms with Crippen LogP contribution in [0.5, 0.6) is 5.75 Å². The second kappa shape index (κ2) is 8.86. The van der Waals surface area contributed by atoms with Crippen LogP contribution in [0.1, 0.15) is 39.5 Å². The third kappa shape index (κ3) is 5.20. The summed E-state index contributed by atoms with van der Waals surface area (Å²) in [6.45, 7) is 4.39. The molecular formula is C19H30N2O4S. The summed E-state index contributed by atoms with van der Waals surface area (Å²) >= 11 is 0. The van der Waals surface area contributed by atoms with Crippen LogP contribution in [0.15, 0.2) is 29.2 Å². The van der Waals surface area contributed by atoms with Crippen LogP contribution in [-0.2, 0) is 14.8 Å². The fourth-order valence-corrected chi connectivity index (χ4v) is 4.71. The van der Waals surface area contributed by atoms with E-state index in [0.29, 0.717) is 18.2 Å². The Kier molecular flexibility index (Phi) is 7.06. The van der Waals surface area contributed by atoms with E-state index in [1.807, 2.05) is 13.8 Å². The quantitative estimate of drug-likeness (QED) is 0.750. The van der Waals surface area contributed by atoms with Crippen molar-refractivity contribution in [3.63, 3.8) is 0 Å². The number of nitrogens with one attached hydrogen (secondary N) is 1. The van der Waals surface area contributed by atoms with Crippen LogP contribution in [0.25, 0.3) is 0 Å². The first-order valence-corrected chi connectivity index (χ1v) is 10.6. The van der Waals surface area contributed by atoms with Crippen molar-refractivity contribution in [1.29, 1.82) is 0 Å². The van der Waals surface area contributed by atoms with Crippen molar-refractivity contribution in [2.45, 2.75) is 50.5 Å². The predicted octanol–water partition coefficient (Wildman–Crippen LogP) is 2.65. The van der Waals surface area contributed by atoms with Gasteiger partial charge in [-0.1, -0.05) is 26.7 Å². The number of nitrogens with zero attached hydrogens (tertiary/aromatic N) is 1. The number of hydrogen-bond donors (Lipinski definition) is 1. The van der Waals surface area contributed by atoms with Gasteiger partial charge in [-0.3, -0.25) is 4.79 Å². The Morgan fingerprint density at radius 1 is 1.23 bits per heavy atom. The molecule has 6 nitrogen and oxygen atoms in total. The van der Waals surface area contributed by atoms with Gasteiger partial charge >= 0.3 is 0 Å². The number of sulfonamides is 1. The number of hydrogen-bond acceptors (Lipinski definition) is 4. The number of carbonyl (C=O) groups is 1. The molecule has 0 spiro atoms. The lowest BCUT2D eigenvalue weighted by Gasteiger charge is -2.28. The average Bonchev–Trinajstić information content (AvgIpc) is 3.12. The van der Waals surface area contributed by atoms with Crippen LogP contribution < -0.4 is 9.46 Å². The van der Waals surface area contributed by atoms with Gasteiger partial charge in [0.25, 0.3) is 0 Å². The number of ether oxygens (including phenoxy) is 1. The summed E-state index contributed by atoms with van der Waals surface area (Å²) in [5.41, 5.74) is 0. The van der Waals surface area contributed by atoms with Crippen LogP contribution in [0.4, 0.5) is 0 Å². The molecule has 0 aromatic heterocycles. The van der Waals surface area contributed by atoms with Gasteiger partial charge < -0.3 is 9.64 Å². The van der Waals surface area contributed by atoms with Crippen molar-refractivity contribution in [1.82, 2.24) is 9.62 Å². The standard InChI is InChI=1S/C19H30N2O4S/c1-14(2)18(19(22)21(3)13-15-7-5-6-8-15)20-26(23,24)17-11-9-16(25-4)10-12-17/h9-12,14-15,18,20H,5-8,13H2,1-4H3/t18-/m0/s1.